The Balaban J connectivity index is 1.49. The molecule has 4 rings (SSSR count). The molecule has 1 saturated heterocycles. The fraction of sp³-hybridized carbons (Fsp3) is 0.320. The number of aromatic nitrogens is 2. The molecule has 1 aromatic heterocycles. The maximum absolute atomic E-state index is 11.8. The van der Waals surface area contributed by atoms with Crippen molar-refractivity contribution in [1.82, 2.24) is 15.3 Å². The van der Waals surface area contributed by atoms with Crippen molar-refractivity contribution in [3.63, 3.8) is 0 Å². The summed E-state index contributed by atoms with van der Waals surface area (Å²) < 4.78 is 12.7. The average molecular weight is 481 g/mol. The van der Waals surface area contributed by atoms with Crippen molar-refractivity contribution in [2.45, 2.75) is 43.6 Å². The topological polar surface area (TPSA) is 106 Å². The van der Waals surface area contributed by atoms with Crippen LogP contribution in [0, 0.1) is 0 Å². The second-order valence-electron chi connectivity index (χ2n) is 7.80. The Kier molecular flexibility index (Phi) is 8.48. The highest BCUT2D eigenvalue weighted by Crippen LogP contribution is 2.39. The van der Waals surface area contributed by atoms with E-state index in [-0.39, 0.29) is 24.8 Å². The van der Waals surface area contributed by atoms with Crippen LogP contribution in [0.1, 0.15) is 42.4 Å². The van der Waals surface area contributed by atoms with Gasteiger partial charge in [0.15, 0.2) is 11.4 Å². The summed E-state index contributed by atoms with van der Waals surface area (Å²) in [6.45, 7) is 2.43. The highest BCUT2D eigenvalue weighted by molar-refractivity contribution is 7.99. The van der Waals surface area contributed by atoms with Crippen LogP contribution in [0.15, 0.2) is 72.1 Å². The normalized spacial score (nSPS) is 20.0. The molecule has 34 heavy (non-hydrogen) atoms. The Morgan fingerprint density at radius 3 is 2.44 bits per heavy atom. The van der Waals surface area contributed by atoms with Crippen molar-refractivity contribution < 1.29 is 19.4 Å². The van der Waals surface area contributed by atoms with Gasteiger partial charge in [0.2, 0.25) is 0 Å². The number of carbonyl (C=O) groups is 1. The highest BCUT2D eigenvalue weighted by atomic mass is 32.2. The molecule has 2 amide bonds. The molecule has 3 aromatic rings. The zero-order valence-corrected chi connectivity index (χ0v) is 19.7. The Labute approximate surface area is 203 Å². The molecule has 1 aliphatic heterocycles. The average Bonchev–Trinajstić information content (AvgIpc) is 2.88. The quantitative estimate of drug-likeness (QED) is 0.323. The largest absolute Gasteiger partial charge is 0.392 e. The summed E-state index contributed by atoms with van der Waals surface area (Å²) in [4.78, 5) is 20.3. The molecule has 0 aliphatic carbocycles. The number of amides is 2. The number of aliphatic hydroxyl groups is 1. The van der Waals surface area contributed by atoms with Gasteiger partial charge in [-0.2, -0.15) is 0 Å². The monoisotopic (exact) mass is 480 g/mol. The highest BCUT2D eigenvalue weighted by Gasteiger charge is 2.32. The number of hydrogen-bond acceptors (Lipinski definition) is 7. The van der Waals surface area contributed by atoms with E-state index >= 15 is 0 Å². The lowest BCUT2D eigenvalue weighted by molar-refractivity contribution is -0.245. The van der Waals surface area contributed by atoms with Crippen LogP contribution in [0.5, 0.6) is 0 Å². The van der Waals surface area contributed by atoms with Gasteiger partial charge in [0.1, 0.15) is 0 Å². The molecule has 1 aliphatic rings. The third kappa shape index (κ3) is 6.54. The number of rotatable bonds is 8. The molecule has 9 heteroatoms. The number of hydrogen-bond donors (Lipinski definition) is 3. The molecule has 3 unspecified atom stereocenters. The SMILES string of the molecule is CCNC(=O)Nc1ccc(C2OC(CSc3ncccn3)CC(c3ccc(CO)cc3)O2)cc1. The lowest BCUT2D eigenvalue weighted by Gasteiger charge is -2.36. The Bertz CT molecular complexity index is 1050. The molecule has 3 atom stereocenters. The molecule has 0 bridgehead atoms. The van der Waals surface area contributed by atoms with Crippen molar-refractivity contribution in [3.05, 3.63) is 83.7 Å². The van der Waals surface area contributed by atoms with E-state index in [9.17, 15) is 9.90 Å². The van der Waals surface area contributed by atoms with Gasteiger partial charge in [-0.05, 0) is 36.2 Å². The number of aliphatic hydroxyl groups excluding tert-OH is 1. The molecular formula is C25H28N4O4S. The molecule has 2 heterocycles. The number of anilines is 1. The lowest BCUT2D eigenvalue weighted by atomic mass is 10.0. The third-order valence-electron chi connectivity index (χ3n) is 5.33. The minimum atomic E-state index is -0.558. The van der Waals surface area contributed by atoms with Crippen molar-refractivity contribution in [2.75, 3.05) is 17.6 Å². The first kappa shape index (κ1) is 24.2. The van der Waals surface area contributed by atoms with Crippen LogP contribution < -0.4 is 10.6 Å². The van der Waals surface area contributed by atoms with Gasteiger partial charge in [-0.15, -0.1) is 0 Å². The first-order chi connectivity index (χ1) is 16.6. The fourth-order valence-electron chi connectivity index (χ4n) is 3.61. The Morgan fingerprint density at radius 1 is 1.06 bits per heavy atom. The van der Waals surface area contributed by atoms with Gasteiger partial charge in [0.05, 0.1) is 18.8 Å². The van der Waals surface area contributed by atoms with Gasteiger partial charge in [-0.1, -0.05) is 48.2 Å². The van der Waals surface area contributed by atoms with Gasteiger partial charge >= 0.3 is 6.03 Å². The smallest absolute Gasteiger partial charge is 0.319 e. The van der Waals surface area contributed by atoms with Crippen LogP contribution in [0.2, 0.25) is 0 Å². The van der Waals surface area contributed by atoms with Crippen LogP contribution in [-0.4, -0.2) is 39.5 Å². The summed E-state index contributed by atoms with van der Waals surface area (Å²) in [5.41, 5.74) is 3.45. The molecule has 0 radical (unpaired) electrons. The van der Waals surface area contributed by atoms with E-state index in [4.69, 9.17) is 9.47 Å². The van der Waals surface area contributed by atoms with Gasteiger partial charge < -0.3 is 25.2 Å². The summed E-state index contributed by atoms with van der Waals surface area (Å²) in [7, 11) is 0. The summed E-state index contributed by atoms with van der Waals surface area (Å²) in [6, 6.07) is 16.8. The molecular weight excluding hydrogens is 452 g/mol. The predicted molar refractivity (Wildman–Crippen MR) is 130 cm³/mol. The van der Waals surface area contributed by atoms with Crippen LogP contribution >= 0.6 is 11.8 Å². The van der Waals surface area contributed by atoms with E-state index in [0.29, 0.717) is 29.6 Å². The van der Waals surface area contributed by atoms with E-state index < -0.39 is 6.29 Å². The Morgan fingerprint density at radius 2 is 1.76 bits per heavy atom. The standard InChI is InChI=1S/C25H28N4O4S/c1-2-26-24(31)29-20-10-8-19(9-11-20)23-32-21(16-34-25-27-12-3-13-28-25)14-22(33-23)18-6-4-17(15-30)5-7-18/h3-13,21-23,30H,2,14-16H2,1H3,(H2,26,29,31). The number of carbonyl (C=O) groups excluding carboxylic acids is 1. The number of nitrogens with one attached hydrogen (secondary N) is 2. The fourth-order valence-corrected chi connectivity index (χ4v) is 4.43. The van der Waals surface area contributed by atoms with Crippen LogP contribution in [0.4, 0.5) is 10.5 Å². The zero-order chi connectivity index (χ0) is 23.8. The van der Waals surface area contributed by atoms with Crippen molar-refractivity contribution in [3.8, 4) is 0 Å². The van der Waals surface area contributed by atoms with E-state index in [1.54, 1.807) is 30.2 Å². The maximum Gasteiger partial charge on any atom is 0.319 e. The number of benzene rings is 2. The van der Waals surface area contributed by atoms with Gasteiger partial charge in [-0.25, -0.2) is 14.8 Å². The van der Waals surface area contributed by atoms with E-state index in [1.165, 1.54) is 0 Å². The maximum atomic E-state index is 11.8. The van der Waals surface area contributed by atoms with Crippen LogP contribution in [0.25, 0.3) is 0 Å². The van der Waals surface area contributed by atoms with Gasteiger partial charge in [-0.3, -0.25) is 0 Å². The summed E-state index contributed by atoms with van der Waals surface area (Å²) in [5.74, 6) is 0.686. The Hall–Kier alpha value is -2.98. The summed E-state index contributed by atoms with van der Waals surface area (Å²) in [6.07, 6.45) is 3.34. The molecule has 2 aromatic carbocycles. The molecule has 0 saturated carbocycles. The van der Waals surface area contributed by atoms with E-state index in [1.807, 2.05) is 55.5 Å². The second-order valence-corrected chi connectivity index (χ2v) is 8.79. The number of ether oxygens (including phenoxy) is 2. The minimum absolute atomic E-state index is 0.00451. The molecule has 8 nitrogen and oxygen atoms in total. The number of thioether (sulfide) groups is 1. The van der Waals surface area contributed by atoms with Crippen LogP contribution in [-0.2, 0) is 16.1 Å². The predicted octanol–water partition coefficient (Wildman–Crippen LogP) is 4.45. The van der Waals surface area contributed by atoms with Crippen molar-refractivity contribution in [2.24, 2.45) is 0 Å². The minimum Gasteiger partial charge on any atom is -0.392 e. The van der Waals surface area contributed by atoms with Crippen molar-refractivity contribution >= 4 is 23.5 Å². The van der Waals surface area contributed by atoms with E-state index in [2.05, 4.69) is 20.6 Å². The molecule has 0 spiro atoms. The summed E-state index contributed by atoms with van der Waals surface area (Å²) >= 11 is 1.55. The van der Waals surface area contributed by atoms with Gasteiger partial charge in [0.25, 0.3) is 0 Å². The first-order valence-electron chi connectivity index (χ1n) is 11.2. The third-order valence-corrected chi connectivity index (χ3v) is 6.34. The van der Waals surface area contributed by atoms with Crippen LogP contribution in [0.3, 0.4) is 0 Å². The van der Waals surface area contributed by atoms with Crippen molar-refractivity contribution in [1.29, 1.82) is 0 Å². The zero-order valence-electron chi connectivity index (χ0n) is 18.9. The first-order valence-corrected chi connectivity index (χ1v) is 12.2. The molecule has 1 fully saturated rings. The second kappa shape index (κ2) is 11.9. The molecule has 178 valence electrons. The lowest BCUT2D eigenvalue weighted by Crippen LogP contribution is -2.31. The van der Waals surface area contributed by atoms with Gasteiger partial charge in [0, 0.05) is 42.4 Å². The van der Waals surface area contributed by atoms with E-state index in [0.717, 1.165) is 16.7 Å². The summed E-state index contributed by atoms with van der Waals surface area (Å²) in [5, 5.41) is 15.6. The molecule has 3 N–H and O–H groups in total. The number of urea groups is 1. The number of nitrogens with zero attached hydrogens (tertiary/aromatic N) is 2.